The fourth-order valence-corrected chi connectivity index (χ4v) is 4.67. The fourth-order valence-electron chi connectivity index (χ4n) is 4.30. The van der Waals surface area contributed by atoms with Crippen molar-refractivity contribution in [3.05, 3.63) is 63.9 Å². The molecule has 0 aromatic heterocycles. The third-order valence-electron chi connectivity index (χ3n) is 5.57. The lowest BCUT2D eigenvalue weighted by Gasteiger charge is -2.33. The Labute approximate surface area is 171 Å². The molecule has 5 nitrogen and oxygen atoms in total. The van der Waals surface area contributed by atoms with Crippen molar-refractivity contribution in [3.63, 3.8) is 0 Å². The number of rotatable bonds is 3. The average Bonchev–Trinajstić information content (AvgIpc) is 3.14. The van der Waals surface area contributed by atoms with Crippen molar-refractivity contribution in [2.24, 2.45) is 5.92 Å². The van der Waals surface area contributed by atoms with Gasteiger partial charge in [0.2, 0.25) is 11.8 Å². The van der Waals surface area contributed by atoms with Crippen LogP contribution >= 0.6 is 23.2 Å². The highest BCUT2D eigenvalue weighted by Crippen LogP contribution is 2.46. The van der Waals surface area contributed by atoms with Gasteiger partial charge >= 0.3 is 0 Å². The van der Waals surface area contributed by atoms with Crippen molar-refractivity contribution in [1.82, 2.24) is 10.6 Å². The molecular weight excluding hydrogens is 404 g/mol. The Bertz CT molecular complexity index is 970. The molecule has 2 aromatic rings. The average molecular weight is 422 g/mol. The van der Waals surface area contributed by atoms with Gasteiger partial charge in [-0.15, -0.1) is 0 Å². The van der Waals surface area contributed by atoms with Crippen LogP contribution in [0, 0.1) is 11.7 Å². The monoisotopic (exact) mass is 421 g/mol. The van der Waals surface area contributed by atoms with Crippen LogP contribution in [0.1, 0.15) is 18.4 Å². The second-order valence-electron chi connectivity index (χ2n) is 7.31. The maximum Gasteiger partial charge on any atom is 0.245 e. The van der Waals surface area contributed by atoms with Crippen LogP contribution in [-0.4, -0.2) is 29.9 Å². The lowest BCUT2D eigenvalue weighted by Crippen LogP contribution is -2.54. The molecule has 2 aliphatic rings. The van der Waals surface area contributed by atoms with E-state index in [-0.39, 0.29) is 28.4 Å². The summed E-state index contributed by atoms with van der Waals surface area (Å²) in [5.41, 5.74) is -0.457. The van der Waals surface area contributed by atoms with E-state index in [1.165, 1.54) is 6.07 Å². The van der Waals surface area contributed by atoms with Crippen molar-refractivity contribution in [2.45, 2.75) is 24.4 Å². The molecular formula is C20H18Cl2FN3O2. The summed E-state index contributed by atoms with van der Waals surface area (Å²) in [6, 6.07) is 11.1. The zero-order valence-electron chi connectivity index (χ0n) is 14.9. The maximum atomic E-state index is 14.9. The van der Waals surface area contributed by atoms with Crippen LogP contribution in [-0.2, 0) is 9.59 Å². The van der Waals surface area contributed by atoms with Crippen LogP contribution in [0.2, 0.25) is 10.0 Å². The number of hydrogen-bond donors (Lipinski definition) is 3. The molecule has 2 aromatic carbocycles. The van der Waals surface area contributed by atoms with Gasteiger partial charge in [-0.05, 0) is 36.8 Å². The minimum atomic E-state index is -1.22. The van der Waals surface area contributed by atoms with Crippen LogP contribution in [0.5, 0.6) is 0 Å². The molecule has 4 rings (SSSR count). The van der Waals surface area contributed by atoms with Crippen LogP contribution in [0.3, 0.4) is 0 Å². The first-order valence-electron chi connectivity index (χ1n) is 8.87. The molecule has 2 aliphatic heterocycles. The maximum absolute atomic E-state index is 14.9. The smallest absolute Gasteiger partial charge is 0.245 e. The molecule has 0 radical (unpaired) electrons. The van der Waals surface area contributed by atoms with E-state index >= 15 is 0 Å². The van der Waals surface area contributed by atoms with Gasteiger partial charge in [-0.2, -0.15) is 0 Å². The standard InChI is InChI=1S/C20H18Cl2FN3O2/c1-20(19(28)25-11-5-2-4-10(21)8-11)16(12-6-3-7-13(22)17(12)23)15-14(26-20)9-24-18(15)27/h2-8,14-16,26H,9H2,1H3,(H,24,27)(H,25,28)/t14-,15+,16-,20+/m0/s1. The summed E-state index contributed by atoms with van der Waals surface area (Å²) in [6.45, 7) is 2.06. The Hall–Kier alpha value is -2.15. The molecule has 2 fully saturated rings. The lowest BCUT2D eigenvalue weighted by molar-refractivity contribution is -0.124. The van der Waals surface area contributed by atoms with E-state index in [4.69, 9.17) is 23.2 Å². The van der Waals surface area contributed by atoms with Gasteiger partial charge in [-0.3, -0.25) is 14.9 Å². The number of anilines is 1. The molecule has 28 heavy (non-hydrogen) atoms. The van der Waals surface area contributed by atoms with E-state index in [0.29, 0.717) is 17.3 Å². The summed E-state index contributed by atoms with van der Waals surface area (Å²) < 4.78 is 14.9. The Morgan fingerprint density at radius 3 is 2.75 bits per heavy atom. The lowest BCUT2D eigenvalue weighted by atomic mass is 9.75. The van der Waals surface area contributed by atoms with E-state index in [0.717, 1.165) is 0 Å². The van der Waals surface area contributed by atoms with E-state index in [9.17, 15) is 14.0 Å². The minimum absolute atomic E-state index is 0.0445. The van der Waals surface area contributed by atoms with Gasteiger partial charge in [0, 0.05) is 29.2 Å². The van der Waals surface area contributed by atoms with Gasteiger partial charge in [0.15, 0.2) is 0 Å². The number of carbonyl (C=O) groups excluding carboxylic acids is 2. The van der Waals surface area contributed by atoms with Crippen molar-refractivity contribution in [2.75, 3.05) is 11.9 Å². The van der Waals surface area contributed by atoms with Gasteiger partial charge < -0.3 is 10.6 Å². The first-order chi connectivity index (χ1) is 13.3. The van der Waals surface area contributed by atoms with Crippen molar-refractivity contribution in [1.29, 1.82) is 0 Å². The molecule has 146 valence electrons. The highest BCUT2D eigenvalue weighted by molar-refractivity contribution is 6.31. The number of amides is 2. The topological polar surface area (TPSA) is 70.2 Å². The van der Waals surface area contributed by atoms with E-state index in [1.54, 1.807) is 43.3 Å². The number of halogens is 3. The molecule has 0 spiro atoms. The van der Waals surface area contributed by atoms with Gasteiger partial charge in [-0.1, -0.05) is 41.4 Å². The third-order valence-corrected chi connectivity index (χ3v) is 6.10. The number of fused-ring (bicyclic) bond motifs is 1. The third kappa shape index (κ3) is 3.05. The summed E-state index contributed by atoms with van der Waals surface area (Å²) in [5.74, 6) is -2.50. The second kappa shape index (κ2) is 7.03. The van der Waals surface area contributed by atoms with E-state index in [1.807, 2.05) is 0 Å². The van der Waals surface area contributed by atoms with E-state index < -0.39 is 23.2 Å². The van der Waals surface area contributed by atoms with Crippen LogP contribution in [0.15, 0.2) is 42.5 Å². The fraction of sp³-hybridized carbons (Fsp3) is 0.300. The molecule has 0 saturated carbocycles. The Morgan fingerprint density at radius 1 is 1.25 bits per heavy atom. The van der Waals surface area contributed by atoms with Crippen LogP contribution in [0.25, 0.3) is 0 Å². The Kier molecular flexibility index (Phi) is 4.81. The SMILES string of the molecule is C[C@@]1(C(=O)Nc2cccc(Cl)c2)N[C@H]2CNC(=O)[C@H]2[C@@H]1c1cccc(Cl)c1F. The van der Waals surface area contributed by atoms with Crippen molar-refractivity contribution >= 4 is 40.7 Å². The zero-order valence-corrected chi connectivity index (χ0v) is 16.4. The molecule has 2 amide bonds. The number of benzene rings is 2. The molecule has 8 heteroatoms. The number of nitrogens with one attached hydrogen (secondary N) is 3. The Balaban J connectivity index is 1.76. The normalized spacial score (nSPS) is 28.7. The molecule has 2 heterocycles. The highest BCUT2D eigenvalue weighted by atomic mass is 35.5. The summed E-state index contributed by atoms with van der Waals surface area (Å²) in [4.78, 5) is 25.8. The minimum Gasteiger partial charge on any atom is -0.354 e. The van der Waals surface area contributed by atoms with Gasteiger partial charge in [-0.25, -0.2) is 4.39 Å². The van der Waals surface area contributed by atoms with Crippen LogP contribution < -0.4 is 16.0 Å². The number of carbonyl (C=O) groups is 2. The number of hydrogen-bond acceptors (Lipinski definition) is 3. The second-order valence-corrected chi connectivity index (χ2v) is 8.15. The van der Waals surface area contributed by atoms with Crippen molar-refractivity contribution < 1.29 is 14.0 Å². The molecule has 0 unspecified atom stereocenters. The summed E-state index contributed by atoms with van der Waals surface area (Å²) in [7, 11) is 0. The highest BCUT2D eigenvalue weighted by Gasteiger charge is 2.60. The van der Waals surface area contributed by atoms with Crippen LogP contribution in [0.4, 0.5) is 10.1 Å². The molecule has 4 atom stereocenters. The summed E-state index contributed by atoms with van der Waals surface area (Å²) >= 11 is 12.0. The zero-order chi connectivity index (χ0) is 20.1. The van der Waals surface area contributed by atoms with Gasteiger partial charge in [0.1, 0.15) is 11.4 Å². The molecule has 3 N–H and O–H groups in total. The predicted octanol–water partition coefficient (Wildman–Crippen LogP) is 3.33. The largest absolute Gasteiger partial charge is 0.354 e. The molecule has 0 bridgehead atoms. The first kappa shape index (κ1) is 19.2. The molecule has 0 aliphatic carbocycles. The first-order valence-corrected chi connectivity index (χ1v) is 9.63. The van der Waals surface area contributed by atoms with E-state index in [2.05, 4.69) is 16.0 Å². The van der Waals surface area contributed by atoms with Crippen molar-refractivity contribution in [3.8, 4) is 0 Å². The van der Waals surface area contributed by atoms with Gasteiger partial charge in [0.05, 0.1) is 10.9 Å². The molecule has 2 saturated heterocycles. The Morgan fingerprint density at radius 2 is 2.00 bits per heavy atom. The quantitative estimate of drug-likeness (QED) is 0.711. The predicted molar refractivity (Wildman–Crippen MR) is 106 cm³/mol. The summed E-state index contributed by atoms with van der Waals surface area (Å²) in [5, 5.41) is 9.30. The summed E-state index contributed by atoms with van der Waals surface area (Å²) in [6.07, 6.45) is 0. The van der Waals surface area contributed by atoms with Gasteiger partial charge in [0.25, 0.3) is 0 Å².